The Labute approximate surface area is 183 Å². The molecule has 2 aliphatic rings. The number of fused-ring (bicyclic) bond motifs is 2. The van der Waals surface area contributed by atoms with Crippen molar-refractivity contribution < 1.29 is 18.8 Å². The Hall–Kier alpha value is -3.19. The Bertz CT molecular complexity index is 1160. The Morgan fingerprint density at radius 2 is 1.84 bits per heavy atom. The van der Waals surface area contributed by atoms with Crippen LogP contribution in [0.3, 0.4) is 0 Å². The molecule has 0 spiro atoms. The molecule has 1 aliphatic heterocycles. The van der Waals surface area contributed by atoms with Gasteiger partial charge in [0.25, 0.3) is 11.8 Å². The third kappa shape index (κ3) is 3.70. The molecular weight excluding hydrogens is 412 g/mol. The van der Waals surface area contributed by atoms with Gasteiger partial charge in [0.15, 0.2) is 5.78 Å². The number of thiophene rings is 1. The normalized spacial score (nSPS) is 15.7. The molecule has 1 aliphatic carbocycles. The number of hydrogen-bond acceptors (Lipinski definition) is 5. The van der Waals surface area contributed by atoms with Crippen molar-refractivity contribution in [2.45, 2.75) is 38.5 Å². The zero-order valence-electron chi connectivity index (χ0n) is 17.0. The van der Waals surface area contributed by atoms with E-state index in [-0.39, 0.29) is 23.2 Å². The van der Waals surface area contributed by atoms with E-state index in [2.05, 4.69) is 5.32 Å². The highest BCUT2D eigenvalue weighted by Gasteiger charge is 2.28. The zero-order valence-corrected chi connectivity index (χ0v) is 17.8. The summed E-state index contributed by atoms with van der Waals surface area (Å²) in [5.74, 6) is 0.127. The van der Waals surface area contributed by atoms with E-state index in [9.17, 15) is 14.4 Å². The zero-order chi connectivity index (χ0) is 21.4. The lowest BCUT2D eigenvalue weighted by Gasteiger charge is -2.21. The van der Waals surface area contributed by atoms with Crippen LogP contribution in [0.5, 0.6) is 0 Å². The van der Waals surface area contributed by atoms with Gasteiger partial charge in [-0.3, -0.25) is 14.4 Å². The van der Waals surface area contributed by atoms with Gasteiger partial charge in [0.05, 0.1) is 16.8 Å². The average Bonchev–Trinajstić information content (AvgIpc) is 3.38. The lowest BCUT2D eigenvalue weighted by atomic mass is 9.94. The maximum Gasteiger partial charge on any atom is 0.259 e. The number of ketones is 1. The predicted octanol–water partition coefficient (Wildman–Crippen LogP) is 5.10. The van der Waals surface area contributed by atoms with Gasteiger partial charge in [0.1, 0.15) is 12.0 Å². The van der Waals surface area contributed by atoms with E-state index < -0.39 is 0 Å². The SMILES string of the molecule is O=C(Nc1ccc(C(=O)N2CCCCc3sccc32)cc1)c1coc2c1C(=O)CCC2. The summed E-state index contributed by atoms with van der Waals surface area (Å²) in [4.78, 5) is 41.2. The first-order chi connectivity index (χ1) is 15.1. The predicted molar refractivity (Wildman–Crippen MR) is 119 cm³/mol. The molecule has 0 bridgehead atoms. The molecule has 2 amide bonds. The van der Waals surface area contributed by atoms with Crippen LogP contribution in [0.15, 0.2) is 46.4 Å². The number of Topliss-reactive ketones (excluding diaryl/α,β-unsaturated/α-hetero) is 1. The van der Waals surface area contributed by atoms with Gasteiger partial charge in [0, 0.05) is 35.5 Å². The van der Waals surface area contributed by atoms with E-state index in [0.29, 0.717) is 42.0 Å². The molecule has 1 N–H and O–H groups in total. The van der Waals surface area contributed by atoms with Crippen molar-refractivity contribution in [3.63, 3.8) is 0 Å². The van der Waals surface area contributed by atoms with Crippen LogP contribution in [-0.2, 0) is 12.8 Å². The number of aryl methyl sites for hydroxylation is 2. The summed E-state index contributed by atoms with van der Waals surface area (Å²) < 4.78 is 5.44. The molecule has 7 heteroatoms. The second-order valence-corrected chi connectivity index (χ2v) is 8.90. The van der Waals surface area contributed by atoms with Crippen LogP contribution in [0.4, 0.5) is 11.4 Å². The smallest absolute Gasteiger partial charge is 0.259 e. The van der Waals surface area contributed by atoms with Crippen molar-refractivity contribution >= 4 is 40.3 Å². The number of anilines is 2. The van der Waals surface area contributed by atoms with Gasteiger partial charge in [-0.25, -0.2) is 0 Å². The Morgan fingerprint density at radius 3 is 2.68 bits per heavy atom. The van der Waals surface area contributed by atoms with E-state index in [4.69, 9.17) is 4.42 Å². The molecule has 0 atom stereocenters. The standard InChI is InChI=1S/C24H22N2O4S/c27-19-4-3-5-20-22(19)17(14-30-20)23(28)25-16-9-7-15(8-10-16)24(29)26-12-2-1-6-21-18(26)11-13-31-21/h7-11,13-14H,1-6,12H2,(H,25,28). The summed E-state index contributed by atoms with van der Waals surface area (Å²) in [5.41, 5.74) is 2.83. The first kappa shape index (κ1) is 19.8. The van der Waals surface area contributed by atoms with Crippen LogP contribution in [0, 0.1) is 0 Å². The minimum Gasteiger partial charge on any atom is -0.468 e. The van der Waals surface area contributed by atoms with Crippen molar-refractivity contribution in [3.8, 4) is 0 Å². The van der Waals surface area contributed by atoms with Crippen LogP contribution in [0.1, 0.15) is 67.4 Å². The van der Waals surface area contributed by atoms with Crippen molar-refractivity contribution in [3.05, 3.63) is 69.3 Å². The van der Waals surface area contributed by atoms with Gasteiger partial charge in [-0.15, -0.1) is 11.3 Å². The van der Waals surface area contributed by atoms with Gasteiger partial charge >= 0.3 is 0 Å². The average molecular weight is 435 g/mol. The molecule has 3 aromatic rings. The minimum absolute atomic E-state index is 0.0334. The first-order valence-electron chi connectivity index (χ1n) is 10.5. The van der Waals surface area contributed by atoms with Crippen molar-refractivity contribution in [1.29, 1.82) is 0 Å². The third-order valence-corrected chi connectivity index (χ3v) is 6.85. The summed E-state index contributed by atoms with van der Waals surface area (Å²) in [6, 6.07) is 8.90. The fourth-order valence-corrected chi connectivity index (χ4v) is 5.21. The van der Waals surface area contributed by atoms with Crippen molar-refractivity contribution in [2.75, 3.05) is 16.8 Å². The third-order valence-electron chi connectivity index (χ3n) is 5.88. The van der Waals surface area contributed by atoms with Crippen molar-refractivity contribution in [2.24, 2.45) is 0 Å². The van der Waals surface area contributed by atoms with E-state index in [1.54, 1.807) is 35.6 Å². The highest BCUT2D eigenvalue weighted by atomic mass is 32.1. The Morgan fingerprint density at radius 1 is 1.00 bits per heavy atom. The van der Waals surface area contributed by atoms with Gasteiger partial charge in [0.2, 0.25) is 0 Å². The molecule has 158 valence electrons. The number of nitrogens with zero attached hydrogens (tertiary/aromatic N) is 1. The fraction of sp³-hybridized carbons (Fsp3) is 0.292. The summed E-state index contributed by atoms with van der Waals surface area (Å²) in [6.45, 7) is 0.709. The number of rotatable bonds is 3. The molecule has 5 rings (SSSR count). The monoisotopic (exact) mass is 434 g/mol. The lowest BCUT2D eigenvalue weighted by Crippen LogP contribution is -2.31. The summed E-state index contributed by atoms with van der Waals surface area (Å²) in [7, 11) is 0. The largest absolute Gasteiger partial charge is 0.468 e. The molecule has 0 saturated carbocycles. The molecule has 2 aromatic heterocycles. The van der Waals surface area contributed by atoms with E-state index in [1.165, 1.54) is 11.1 Å². The van der Waals surface area contributed by atoms with Gasteiger partial charge in [-0.2, -0.15) is 0 Å². The first-order valence-corrected chi connectivity index (χ1v) is 11.4. The van der Waals surface area contributed by atoms with Gasteiger partial charge in [-0.1, -0.05) is 0 Å². The second-order valence-electron chi connectivity index (χ2n) is 7.90. The van der Waals surface area contributed by atoms with Crippen LogP contribution < -0.4 is 10.2 Å². The summed E-state index contributed by atoms with van der Waals surface area (Å²) in [5, 5.41) is 4.84. The van der Waals surface area contributed by atoms with Crippen molar-refractivity contribution in [1.82, 2.24) is 0 Å². The molecule has 31 heavy (non-hydrogen) atoms. The molecule has 0 radical (unpaired) electrons. The minimum atomic E-state index is -0.380. The molecule has 0 fully saturated rings. The molecular formula is C24H22N2O4S. The number of amides is 2. The van der Waals surface area contributed by atoms with E-state index >= 15 is 0 Å². The molecule has 0 saturated heterocycles. The maximum atomic E-state index is 13.1. The Balaban J connectivity index is 1.32. The number of furan rings is 1. The topological polar surface area (TPSA) is 79.6 Å². The lowest BCUT2D eigenvalue weighted by molar-refractivity contribution is 0.0954. The van der Waals surface area contributed by atoms with E-state index in [0.717, 1.165) is 31.4 Å². The van der Waals surface area contributed by atoms with Crippen LogP contribution >= 0.6 is 11.3 Å². The maximum absolute atomic E-state index is 13.1. The molecule has 6 nitrogen and oxygen atoms in total. The van der Waals surface area contributed by atoms with Crippen LogP contribution in [-0.4, -0.2) is 24.1 Å². The summed E-state index contributed by atoms with van der Waals surface area (Å²) in [6.07, 6.45) is 6.30. The van der Waals surface area contributed by atoms with Crippen LogP contribution in [0.25, 0.3) is 0 Å². The van der Waals surface area contributed by atoms with E-state index in [1.807, 2.05) is 16.3 Å². The second kappa shape index (κ2) is 8.15. The Kier molecular flexibility index (Phi) is 5.19. The number of hydrogen-bond donors (Lipinski definition) is 1. The van der Waals surface area contributed by atoms with Gasteiger partial charge < -0.3 is 14.6 Å². The molecule has 1 aromatic carbocycles. The number of benzene rings is 1. The number of carbonyl (C=O) groups excluding carboxylic acids is 3. The highest BCUT2D eigenvalue weighted by molar-refractivity contribution is 7.10. The molecule has 0 unspecified atom stereocenters. The highest BCUT2D eigenvalue weighted by Crippen LogP contribution is 2.32. The van der Waals surface area contributed by atoms with Crippen LogP contribution in [0.2, 0.25) is 0 Å². The quantitative estimate of drug-likeness (QED) is 0.622. The van der Waals surface area contributed by atoms with Gasteiger partial charge in [-0.05, 0) is 61.4 Å². The molecule has 3 heterocycles. The fourth-order valence-electron chi connectivity index (χ4n) is 4.29. The number of carbonyl (C=O) groups is 3. The number of nitrogens with one attached hydrogen (secondary N) is 1. The summed E-state index contributed by atoms with van der Waals surface area (Å²) >= 11 is 1.70.